The van der Waals surface area contributed by atoms with E-state index in [0.29, 0.717) is 18.5 Å². The van der Waals surface area contributed by atoms with Crippen molar-refractivity contribution in [1.82, 2.24) is 9.46 Å². The molecule has 0 aliphatic carbocycles. The number of nitrogens with one attached hydrogen (secondary N) is 1. The van der Waals surface area contributed by atoms with Crippen molar-refractivity contribution in [3.63, 3.8) is 0 Å². The number of rotatable bonds is 6. The zero-order valence-electron chi connectivity index (χ0n) is 19.9. The Balaban J connectivity index is 1.55. The van der Waals surface area contributed by atoms with E-state index in [0.717, 1.165) is 16.7 Å². The van der Waals surface area contributed by atoms with Crippen molar-refractivity contribution in [2.75, 3.05) is 18.4 Å². The van der Waals surface area contributed by atoms with E-state index in [4.69, 9.17) is 4.52 Å². The lowest BCUT2D eigenvalue weighted by Crippen LogP contribution is -2.43. The number of piperidine rings is 1. The lowest BCUT2D eigenvalue weighted by Gasteiger charge is -2.31. The Hall–Kier alpha value is -3.30. The zero-order chi connectivity index (χ0) is 25.2. The Kier molecular flexibility index (Phi) is 7.18. The largest absolute Gasteiger partial charge is 0.355 e. The first-order valence-electron chi connectivity index (χ1n) is 11.4. The minimum Gasteiger partial charge on any atom is -0.355 e. The van der Waals surface area contributed by atoms with Gasteiger partial charge in [-0.3, -0.25) is 4.79 Å². The van der Waals surface area contributed by atoms with Gasteiger partial charge in [-0.25, -0.2) is 12.8 Å². The molecular weight excluding hydrogens is 469 g/mol. The quantitative estimate of drug-likeness (QED) is 0.520. The van der Waals surface area contributed by atoms with Crippen molar-refractivity contribution < 1.29 is 22.1 Å². The summed E-state index contributed by atoms with van der Waals surface area (Å²) in [5, 5.41) is 6.59. The van der Waals surface area contributed by atoms with Crippen LogP contribution in [-0.4, -0.2) is 36.9 Å². The van der Waals surface area contributed by atoms with Gasteiger partial charge in [0.05, 0.1) is 5.92 Å². The van der Waals surface area contributed by atoms with Crippen molar-refractivity contribution >= 4 is 33.8 Å². The highest BCUT2D eigenvalue weighted by atomic mass is 32.2. The summed E-state index contributed by atoms with van der Waals surface area (Å²) >= 11 is 0. The molecule has 2 heterocycles. The summed E-state index contributed by atoms with van der Waals surface area (Å²) in [6.45, 7) is 5.86. The topological polar surface area (TPSA) is 92.5 Å². The monoisotopic (exact) mass is 497 g/mol. The van der Waals surface area contributed by atoms with Gasteiger partial charge in [0.25, 0.3) is 0 Å². The van der Waals surface area contributed by atoms with Crippen LogP contribution >= 0.6 is 0 Å². The molecule has 0 bridgehead atoms. The molecule has 35 heavy (non-hydrogen) atoms. The Morgan fingerprint density at radius 1 is 1.17 bits per heavy atom. The van der Waals surface area contributed by atoms with Crippen LogP contribution in [0.15, 0.2) is 51.9 Å². The number of nitrogens with zero attached hydrogens (tertiary/aromatic N) is 2. The number of sulfonamides is 1. The lowest BCUT2D eigenvalue weighted by molar-refractivity contribution is -0.120. The van der Waals surface area contributed by atoms with E-state index in [1.165, 1.54) is 22.5 Å². The smallest absolute Gasteiger partial charge is 0.248 e. The van der Waals surface area contributed by atoms with Crippen LogP contribution in [0.25, 0.3) is 12.2 Å². The number of benzene rings is 2. The maximum Gasteiger partial charge on any atom is 0.248 e. The Morgan fingerprint density at radius 2 is 1.97 bits per heavy atom. The molecule has 4 rings (SSSR count). The van der Waals surface area contributed by atoms with Gasteiger partial charge in [0.1, 0.15) is 11.5 Å². The molecule has 0 unspecified atom stereocenters. The zero-order valence-corrected chi connectivity index (χ0v) is 20.7. The van der Waals surface area contributed by atoms with E-state index in [-0.39, 0.29) is 35.3 Å². The van der Waals surface area contributed by atoms with Crippen LogP contribution in [0.1, 0.15) is 41.0 Å². The second-order valence-corrected chi connectivity index (χ2v) is 10.7. The molecule has 2 aromatic carbocycles. The van der Waals surface area contributed by atoms with Crippen LogP contribution in [-0.2, 0) is 14.8 Å². The predicted octanol–water partition coefficient (Wildman–Crippen LogP) is 4.95. The summed E-state index contributed by atoms with van der Waals surface area (Å²) in [5.74, 6) is -1.21. The van der Waals surface area contributed by atoms with Gasteiger partial charge in [-0.1, -0.05) is 41.1 Å². The normalized spacial score (nSPS) is 17.1. The SMILES string of the molecule is Cc1ccc(C)c(/C=C/c2onc(C)c2S(=O)(=O)N2CCC[C@@H](C(=O)Nc3cccc(F)c3)C2)c1. The summed E-state index contributed by atoms with van der Waals surface area (Å²) in [5.41, 5.74) is 3.69. The number of anilines is 1. The lowest BCUT2D eigenvalue weighted by atomic mass is 9.99. The summed E-state index contributed by atoms with van der Waals surface area (Å²) in [6.07, 6.45) is 4.49. The third kappa shape index (κ3) is 5.52. The maximum absolute atomic E-state index is 13.6. The minimum atomic E-state index is -3.96. The van der Waals surface area contributed by atoms with Gasteiger partial charge < -0.3 is 9.84 Å². The highest BCUT2D eigenvalue weighted by Crippen LogP contribution is 2.30. The van der Waals surface area contributed by atoms with E-state index >= 15 is 0 Å². The van der Waals surface area contributed by atoms with Crippen molar-refractivity contribution in [2.24, 2.45) is 5.92 Å². The molecule has 0 saturated carbocycles. The molecule has 1 aliphatic heterocycles. The van der Waals surface area contributed by atoms with Gasteiger partial charge in [-0.2, -0.15) is 4.31 Å². The Morgan fingerprint density at radius 3 is 2.74 bits per heavy atom. The number of hydrogen-bond donors (Lipinski definition) is 1. The van der Waals surface area contributed by atoms with Crippen molar-refractivity contribution in [3.05, 3.63) is 76.4 Å². The summed E-state index contributed by atoms with van der Waals surface area (Å²) in [7, 11) is -3.96. The molecule has 1 aliphatic rings. The second kappa shape index (κ2) is 10.1. The molecule has 7 nitrogen and oxygen atoms in total. The van der Waals surface area contributed by atoms with E-state index < -0.39 is 21.8 Å². The van der Waals surface area contributed by atoms with E-state index in [1.54, 1.807) is 19.1 Å². The molecule has 184 valence electrons. The molecule has 1 saturated heterocycles. The Bertz CT molecular complexity index is 1380. The number of aromatic nitrogens is 1. The average molecular weight is 498 g/mol. The number of carbonyl (C=O) groups is 1. The molecule has 0 spiro atoms. The highest BCUT2D eigenvalue weighted by molar-refractivity contribution is 7.89. The third-order valence-corrected chi connectivity index (χ3v) is 8.15. The molecule has 3 aromatic rings. The van der Waals surface area contributed by atoms with Gasteiger partial charge in [0.2, 0.25) is 15.9 Å². The number of aryl methyl sites for hydroxylation is 3. The first kappa shape index (κ1) is 24.8. The van der Waals surface area contributed by atoms with Crippen LogP contribution in [0.2, 0.25) is 0 Å². The van der Waals surface area contributed by atoms with Gasteiger partial charge in [0, 0.05) is 18.8 Å². The number of hydrogen-bond acceptors (Lipinski definition) is 5. The fourth-order valence-corrected chi connectivity index (χ4v) is 5.99. The maximum atomic E-state index is 13.6. The van der Waals surface area contributed by atoms with E-state index in [1.807, 2.05) is 38.1 Å². The van der Waals surface area contributed by atoms with Crippen molar-refractivity contribution in [3.8, 4) is 0 Å². The van der Waals surface area contributed by atoms with Gasteiger partial charge in [0.15, 0.2) is 10.7 Å². The molecule has 1 N–H and O–H groups in total. The van der Waals surface area contributed by atoms with Crippen LogP contribution in [0.4, 0.5) is 10.1 Å². The van der Waals surface area contributed by atoms with Crippen LogP contribution in [0, 0.1) is 32.5 Å². The minimum absolute atomic E-state index is 0.00486. The van der Waals surface area contributed by atoms with Gasteiger partial charge in [-0.05, 0) is 69.0 Å². The predicted molar refractivity (Wildman–Crippen MR) is 133 cm³/mol. The molecule has 0 radical (unpaired) electrons. The summed E-state index contributed by atoms with van der Waals surface area (Å²) in [4.78, 5) is 12.8. The fraction of sp³-hybridized carbons (Fsp3) is 0.308. The fourth-order valence-electron chi connectivity index (χ4n) is 4.22. The van der Waals surface area contributed by atoms with Gasteiger partial charge >= 0.3 is 0 Å². The number of amides is 1. The third-order valence-electron chi connectivity index (χ3n) is 6.13. The highest BCUT2D eigenvalue weighted by Gasteiger charge is 2.37. The molecule has 9 heteroatoms. The van der Waals surface area contributed by atoms with E-state index in [2.05, 4.69) is 10.5 Å². The molecule has 1 amide bonds. The molecule has 1 atom stereocenters. The van der Waals surface area contributed by atoms with Crippen LogP contribution in [0.5, 0.6) is 0 Å². The molecule has 1 fully saturated rings. The number of carbonyl (C=O) groups excluding carboxylic acids is 1. The van der Waals surface area contributed by atoms with Crippen molar-refractivity contribution in [2.45, 2.75) is 38.5 Å². The standard InChI is InChI=1S/C26H28FN3O4S/c1-17-9-10-18(2)20(14-17)11-12-24-25(19(3)29-34-24)35(32,33)30-13-5-6-21(16-30)26(31)28-23-8-4-7-22(27)15-23/h4,7-12,14-15,21H,5-6,13,16H2,1-3H3,(H,28,31)/b12-11+/t21-/m1/s1. The molecular formula is C26H28FN3O4S. The Labute approximate surface area is 204 Å². The first-order valence-corrected chi connectivity index (χ1v) is 12.9. The summed E-state index contributed by atoms with van der Waals surface area (Å²) in [6, 6.07) is 11.6. The van der Waals surface area contributed by atoms with Crippen LogP contribution < -0.4 is 5.32 Å². The van der Waals surface area contributed by atoms with Crippen molar-refractivity contribution in [1.29, 1.82) is 0 Å². The van der Waals surface area contributed by atoms with E-state index in [9.17, 15) is 17.6 Å². The average Bonchev–Trinajstić information content (AvgIpc) is 3.21. The van der Waals surface area contributed by atoms with Gasteiger partial charge in [-0.15, -0.1) is 0 Å². The molecule has 1 aromatic heterocycles. The summed E-state index contributed by atoms with van der Waals surface area (Å²) < 4.78 is 47.4. The van der Waals surface area contributed by atoms with Crippen LogP contribution in [0.3, 0.4) is 0 Å². The second-order valence-electron chi connectivity index (χ2n) is 8.86. The number of halogens is 1. The first-order chi connectivity index (χ1) is 16.6.